The average Bonchev–Trinajstić information content (AvgIpc) is 2.98. The largest absolute Gasteiger partial charge is 0.293 e. The molecule has 4 fully saturated rings. The zero-order valence-electron chi connectivity index (χ0n) is 11.6. The highest BCUT2D eigenvalue weighted by Gasteiger charge is 2.47. The van der Waals surface area contributed by atoms with Crippen LogP contribution in [0, 0.1) is 11.8 Å². The Bertz CT molecular complexity index is 453. The van der Waals surface area contributed by atoms with Crippen LogP contribution in [0.3, 0.4) is 0 Å². The third kappa shape index (κ3) is 2.02. The molecule has 2 aliphatic carbocycles. The zero-order chi connectivity index (χ0) is 13.7. The molecule has 4 aliphatic rings. The molecule has 108 valence electrons. The van der Waals surface area contributed by atoms with E-state index in [1.807, 2.05) is 0 Å². The lowest BCUT2D eigenvalue weighted by Gasteiger charge is -2.21. The Morgan fingerprint density at radius 2 is 1.05 bits per heavy atom. The van der Waals surface area contributed by atoms with Crippen LogP contribution in [0.25, 0.3) is 0 Å². The van der Waals surface area contributed by atoms with Gasteiger partial charge in [-0.1, -0.05) is 25.7 Å². The summed E-state index contributed by atoms with van der Waals surface area (Å²) >= 11 is 3.48. The maximum Gasteiger partial charge on any atom is 0.174 e. The third-order valence-corrected chi connectivity index (χ3v) is 8.42. The van der Waals surface area contributed by atoms with Crippen molar-refractivity contribution in [2.24, 2.45) is 11.8 Å². The fourth-order valence-electron chi connectivity index (χ4n) is 4.16. The second-order valence-electron chi connectivity index (χ2n) is 6.48. The molecule has 0 aromatic heterocycles. The van der Waals surface area contributed by atoms with Gasteiger partial charge in [-0.3, -0.25) is 9.59 Å². The van der Waals surface area contributed by atoms with Gasteiger partial charge in [0.05, 0.1) is 9.81 Å². The average molecular weight is 308 g/mol. The first kappa shape index (κ1) is 13.4. The number of Topliss-reactive ketones (excluding diaryl/α,β-unsaturated/α-hetero) is 2. The standard InChI is InChI=1S/C16H20O2S2/c17-13-9-5-1-3-7-11(9)19-15(13)16-14(18)10-6-2-4-8-12(10)20-16/h9-12H,1-8H2/b16-15+. The summed E-state index contributed by atoms with van der Waals surface area (Å²) < 4.78 is 0. The maximum absolute atomic E-state index is 12.6. The van der Waals surface area contributed by atoms with E-state index in [4.69, 9.17) is 0 Å². The molecular formula is C16H20O2S2. The van der Waals surface area contributed by atoms with Crippen LogP contribution in [0.2, 0.25) is 0 Å². The minimum absolute atomic E-state index is 0.215. The number of fused-ring (bicyclic) bond motifs is 2. The SMILES string of the molecule is O=C1/C(=C2\SC3CCCCC3C2=O)SC2CCCCC12. The topological polar surface area (TPSA) is 34.1 Å². The Hall–Kier alpha value is -0.220. The molecule has 0 radical (unpaired) electrons. The molecule has 4 heteroatoms. The van der Waals surface area contributed by atoms with Gasteiger partial charge in [-0.25, -0.2) is 0 Å². The van der Waals surface area contributed by atoms with E-state index in [9.17, 15) is 9.59 Å². The van der Waals surface area contributed by atoms with E-state index in [1.54, 1.807) is 23.5 Å². The Morgan fingerprint density at radius 3 is 1.45 bits per heavy atom. The Balaban J connectivity index is 1.65. The summed E-state index contributed by atoms with van der Waals surface area (Å²) in [6.45, 7) is 0. The van der Waals surface area contributed by atoms with Crippen LogP contribution in [0.15, 0.2) is 9.81 Å². The minimum Gasteiger partial charge on any atom is -0.293 e. The Labute approximate surface area is 128 Å². The highest BCUT2D eigenvalue weighted by Crippen LogP contribution is 2.54. The molecule has 2 saturated heterocycles. The number of allylic oxidation sites excluding steroid dienone is 2. The number of hydrogen-bond acceptors (Lipinski definition) is 4. The van der Waals surface area contributed by atoms with Gasteiger partial charge in [0.25, 0.3) is 0 Å². The lowest BCUT2D eigenvalue weighted by atomic mass is 9.84. The highest BCUT2D eigenvalue weighted by atomic mass is 32.2. The predicted octanol–water partition coefficient (Wildman–Crippen LogP) is 3.95. The molecular weight excluding hydrogens is 288 g/mol. The van der Waals surface area contributed by atoms with Gasteiger partial charge in [0.15, 0.2) is 11.6 Å². The molecule has 0 spiro atoms. The monoisotopic (exact) mass is 308 g/mol. The lowest BCUT2D eigenvalue weighted by molar-refractivity contribution is -0.120. The van der Waals surface area contributed by atoms with Gasteiger partial charge in [0.1, 0.15) is 0 Å². The van der Waals surface area contributed by atoms with Gasteiger partial charge in [-0.2, -0.15) is 0 Å². The number of thioether (sulfide) groups is 2. The summed E-state index contributed by atoms with van der Waals surface area (Å²) in [5, 5.41) is 0.935. The summed E-state index contributed by atoms with van der Waals surface area (Å²) in [4.78, 5) is 27.0. The van der Waals surface area contributed by atoms with Crippen molar-refractivity contribution in [3.63, 3.8) is 0 Å². The van der Waals surface area contributed by atoms with Crippen molar-refractivity contribution in [3.05, 3.63) is 9.81 Å². The van der Waals surface area contributed by atoms with Crippen LogP contribution in [-0.4, -0.2) is 22.1 Å². The van der Waals surface area contributed by atoms with E-state index in [0.29, 0.717) is 22.1 Å². The second kappa shape index (κ2) is 5.20. The van der Waals surface area contributed by atoms with Gasteiger partial charge >= 0.3 is 0 Å². The van der Waals surface area contributed by atoms with Crippen LogP contribution < -0.4 is 0 Å². The molecule has 4 atom stereocenters. The Kier molecular flexibility index (Phi) is 3.50. The predicted molar refractivity (Wildman–Crippen MR) is 83.7 cm³/mol. The van der Waals surface area contributed by atoms with E-state index in [2.05, 4.69) is 0 Å². The highest BCUT2D eigenvalue weighted by molar-refractivity contribution is 8.09. The lowest BCUT2D eigenvalue weighted by Crippen LogP contribution is -2.23. The first-order chi connectivity index (χ1) is 9.75. The van der Waals surface area contributed by atoms with E-state index in [-0.39, 0.29) is 11.8 Å². The number of rotatable bonds is 0. The fourth-order valence-corrected chi connectivity index (χ4v) is 7.42. The molecule has 2 aliphatic heterocycles. The molecule has 0 aromatic rings. The van der Waals surface area contributed by atoms with Crippen LogP contribution in [0.4, 0.5) is 0 Å². The molecule has 4 unspecified atom stereocenters. The molecule has 0 aromatic carbocycles. The first-order valence-electron chi connectivity index (χ1n) is 7.91. The summed E-state index contributed by atoms with van der Waals surface area (Å²) in [6.07, 6.45) is 9.25. The summed E-state index contributed by atoms with van der Waals surface area (Å²) in [5.74, 6) is 1.03. The van der Waals surface area contributed by atoms with Crippen molar-refractivity contribution >= 4 is 35.1 Å². The molecule has 0 amide bonds. The summed E-state index contributed by atoms with van der Waals surface area (Å²) in [7, 11) is 0. The zero-order valence-corrected chi connectivity index (χ0v) is 13.2. The molecule has 0 N–H and O–H groups in total. The number of hydrogen-bond donors (Lipinski definition) is 0. The second-order valence-corrected chi connectivity index (χ2v) is 8.98. The fraction of sp³-hybridized carbons (Fsp3) is 0.750. The maximum atomic E-state index is 12.6. The molecule has 20 heavy (non-hydrogen) atoms. The smallest absolute Gasteiger partial charge is 0.174 e. The van der Waals surface area contributed by atoms with Crippen LogP contribution >= 0.6 is 23.5 Å². The van der Waals surface area contributed by atoms with Gasteiger partial charge in [0, 0.05) is 22.3 Å². The molecule has 2 saturated carbocycles. The molecule has 2 heterocycles. The van der Waals surface area contributed by atoms with Gasteiger partial charge in [-0.05, 0) is 25.7 Å². The van der Waals surface area contributed by atoms with E-state index in [0.717, 1.165) is 35.5 Å². The van der Waals surface area contributed by atoms with Crippen molar-refractivity contribution in [2.45, 2.75) is 61.9 Å². The van der Waals surface area contributed by atoms with E-state index >= 15 is 0 Å². The molecule has 0 bridgehead atoms. The van der Waals surface area contributed by atoms with Crippen LogP contribution in [-0.2, 0) is 9.59 Å². The van der Waals surface area contributed by atoms with Crippen molar-refractivity contribution in [1.82, 2.24) is 0 Å². The number of carbonyl (C=O) groups is 2. The molecule has 2 nitrogen and oxygen atoms in total. The number of ketones is 2. The van der Waals surface area contributed by atoms with Crippen molar-refractivity contribution in [1.29, 1.82) is 0 Å². The van der Waals surface area contributed by atoms with Crippen molar-refractivity contribution in [2.75, 3.05) is 0 Å². The summed E-state index contributed by atoms with van der Waals surface area (Å²) in [5.41, 5.74) is 0. The summed E-state index contributed by atoms with van der Waals surface area (Å²) in [6, 6.07) is 0. The van der Waals surface area contributed by atoms with Crippen LogP contribution in [0.1, 0.15) is 51.4 Å². The van der Waals surface area contributed by atoms with Crippen molar-refractivity contribution in [3.8, 4) is 0 Å². The van der Waals surface area contributed by atoms with Gasteiger partial charge < -0.3 is 0 Å². The van der Waals surface area contributed by atoms with Crippen LogP contribution in [0.5, 0.6) is 0 Å². The minimum atomic E-state index is 0.215. The van der Waals surface area contributed by atoms with Gasteiger partial charge in [0.2, 0.25) is 0 Å². The van der Waals surface area contributed by atoms with Gasteiger partial charge in [-0.15, -0.1) is 23.5 Å². The first-order valence-corrected chi connectivity index (χ1v) is 9.67. The normalized spacial score (nSPS) is 44.6. The third-order valence-electron chi connectivity index (χ3n) is 5.27. The number of carbonyl (C=O) groups excluding carboxylic acids is 2. The quantitative estimate of drug-likeness (QED) is 0.635. The van der Waals surface area contributed by atoms with E-state index in [1.165, 1.54) is 25.7 Å². The molecule has 4 rings (SSSR count). The Morgan fingerprint density at radius 1 is 0.650 bits per heavy atom. The van der Waals surface area contributed by atoms with E-state index < -0.39 is 0 Å². The van der Waals surface area contributed by atoms with Crippen molar-refractivity contribution < 1.29 is 9.59 Å².